The van der Waals surface area contributed by atoms with Crippen LogP contribution >= 0.6 is 0 Å². The van der Waals surface area contributed by atoms with Crippen molar-refractivity contribution in [3.05, 3.63) is 40.9 Å². The minimum atomic E-state index is -3.89. The normalized spacial score (nSPS) is 17.2. The highest BCUT2D eigenvalue weighted by molar-refractivity contribution is 7.94. The van der Waals surface area contributed by atoms with Gasteiger partial charge in [-0.1, -0.05) is 18.2 Å². The SMILES string of the molecule is NC1=C(C(=O)Oc2ccccc2)C=NS1(=O)=O. The van der Waals surface area contributed by atoms with Gasteiger partial charge in [0, 0.05) is 0 Å². The lowest BCUT2D eigenvalue weighted by Gasteiger charge is -2.02. The van der Waals surface area contributed by atoms with Gasteiger partial charge in [0.05, 0.1) is 6.21 Å². The summed E-state index contributed by atoms with van der Waals surface area (Å²) in [6, 6.07) is 8.25. The van der Waals surface area contributed by atoms with Crippen LogP contribution in [0.15, 0.2) is 45.3 Å². The summed E-state index contributed by atoms with van der Waals surface area (Å²) in [6.45, 7) is 0. The molecule has 0 fully saturated rings. The van der Waals surface area contributed by atoms with Gasteiger partial charge in [0.15, 0.2) is 5.03 Å². The van der Waals surface area contributed by atoms with Crippen LogP contribution in [0.4, 0.5) is 0 Å². The lowest BCUT2D eigenvalue weighted by atomic mass is 10.3. The highest BCUT2D eigenvalue weighted by Gasteiger charge is 2.28. The first-order valence-corrected chi connectivity index (χ1v) is 6.02. The van der Waals surface area contributed by atoms with E-state index in [1.807, 2.05) is 0 Å². The number of hydrogen-bond donors (Lipinski definition) is 1. The molecule has 0 unspecified atom stereocenters. The Hall–Kier alpha value is -2.15. The molecule has 88 valence electrons. The number of carbonyl (C=O) groups excluding carboxylic acids is 1. The quantitative estimate of drug-likeness (QED) is 0.597. The molecular weight excluding hydrogens is 244 g/mol. The smallest absolute Gasteiger partial charge is 0.348 e. The number of hydrogen-bond acceptors (Lipinski definition) is 5. The fraction of sp³-hybridized carbons (Fsp3) is 0. The molecule has 17 heavy (non-hydrogen) atoms. The Morgan fingerprint density at radius 2 is 1.88 bits per heavy atom. The monoisotopic (exact) mass is 252 g/mol. The third kappa shape index (κ3) is 2.18. The number of esters is 1. The molecule has 0 saturated carbocycles. The van der Waals surface area contributed by atoms with Crippen molar-refractivity contribution in [1.82, 2.24) is 0 Å². The summed E-state index contributed by atoms with van der Waals surface area (Å²) < 4.78 is 30.4. The van der Waals surface area contributed by atoms with E-state index in [4.69, 9.17) is 10.5 Å². The molecule has 1 aliphatic heterocycles. The molecule has 0 atom stereocenters. The molecule has 1 aromatic carbocycles. The van der Waals surface area contributed by atoms with Crippen molar-refractivity contribution in [2.75, 3.05) is 0 Å². The van der Waals surface area contributed by atoms with Crippen molar-refractivity contribution >= 4 is 22.2 Å². The number of rotatable bonds is 2. The van der Waals surface area contributed by atoms with Crippen molar-refractivity contribution in [1.29, 1.82) is 0 Å². The lowest BCUT2D eigenvalue weighted by Crippen LogP contribution is -2.17. The Kier molecular flexibility index (Phi) is 2.68. The molecule has 1 heterocycles. The first-order valence-electron chi connectivity index (χ1n) is 4.58. The van der Waals surface area contributed by atoms with Crippen molar-refractivity contribution in [2.45, 2.75) is 0 Å². The lowest BCUT2D eigenvalue weighted by molar-refractivity contribution is -0.129. The zero-order chi connectivity index (χ0) is 12.5. The Bertz CT molecular complexity index is 617. The Balaban J connectivity index is 2.24. The van der Waals surface area contributed by atoms with E-state index in [1.54, 1.807) is 30.3 Å². The van der Waals surface area contributed by atoms with Crippen LogP contribution in [0.1, 0.15) is 0 Å². The van der Waals surface area contributed by atoms with Gasteiger partial charge in [-0.15, -0.1) is 0 Å². The van der Waals surface area contributed by atoms with Crippen LogP contribution in [0.25, 0.3) is 0 Å². The van der Waals surface area contributed by atoms with Gasteiger partial charge in [-0.3, -0.25) is 0 Å². The number of nitrogens with two attached hydrogens (primary N) is 1. The Morgan fingerprint density at radius 3 is 2.41 bits per heavy atom. The van der Waals surface area contributed by atoms with Crippen LogP contribution in [0.2, 0.25) is 0 Å². The first kappa shape index (κ1) is 11.3. The van der Waals surface area contributed by atoms with Gasteiger partial charge in [0.1, 0.15) is 11.3 Å². The standard InChI is InChI=1S/C10H8N2O4S/c11-9-8(6-12-17(9,14)15)10(13)16-7-4-2-1-3-5-7/h1-6H,11H2. The molecule has 6 nitrogen and oxygen atoms in total. The second kappa shape index (κ2) is 4.02. The van der Waals surface area contributed by atoms with Crippen molar-refractivity contribution in [2.24, 2.45) is 10.1 Å². The highest BCUT2D eigenvalue weighted by Crippen LogP contribution is 2.17. The predicted octanol–water partition coefficient (Wildman–Crippen LogP) is 0.177. The Labute approximate surface area is 97.5 Å². The Morgan fingerprint density at radius 1 is 1.24 bits per heavy atom. The number of para-hydroxylation sites is 1. The van der Waals surface area contributed by atoms with E-state index in [-0.39, 0.29) is 5.57 Å². The van der Waals surface area contributed by atoms with Gasteiger partial charge in [-0.25, -0.2) is 4.79 Å². The molecule has 0 aromatic heterocycles. The summed E-state index contributed by atoms with van der Waals surface area (Å²) in [5, 5.41) is -0.585. The number of ether oxygens (including phenoxy) is 1. The topological polar surface area (TPSA) is 98.8 Å². The molecule has 0 bridgehead atoms. The average molecular weight is 252 g/mol. The fourth-order valence-electron chi connectivity index (χ4n) is 1.19. The predicted molar refractivity (Wildman–Crippen MR) is 60.7 cm³/mol. The van der Waals surface area contributed by atoms with E-state index < -0.39 is 21.0 Å². The molecule has 1 aliphatic rings. The largest absolute Gasteiger partial charge is 0.423 e. The van der Waals surface area contributed by atoms with Gasteiger partial charge < -0.3 is 10.5 Å². The van der Waals surface area contributed by atoms with Gasteiger partial charge in [-0.2, -0.15) is 12.8 Å². The first-order chi connectivity index (χ1) is 8.00. The molecule has 2 N–H and O–H groups in total. The number of carbonyl (C=O) groups is 1. The van der Waals surface area contributed by atoms with E-state index in [0.717, 1.165) is 6.21 Å². The van der Waals surface area contributed by atoms with Gasteiger partial charge in [0.25, 0.3) is 10.0 Å². The molecule has 1 aromatic rings. The number of benzene rings is 1. The summed E-state index contributed by atoms with van der Waals surface area (Å²) in [7, 11) is -3.89. The molecular formula is C10H8N2O4S. The van der Waals surface area contributed by atoms with Crippen LogP contribution < -0.4 is 10.5 Å². The third-order valence-corrected chi connectivity index (χ3v) is 3.20. The maximum atomic E-state index is 11.6. The number of sulfonamides is 1. The number of nitrogens with zero attached hydrogens (tertiary/aromatic N) is 1. The molecule has 2 rings (SSSR count). The van der Waals surface area contributed by atoms with E-state index in [9.17, 15) is 13.2 Å². The van der Waals surface area contributed by atoms with Crippen LogP contribution in [-0.2, 0) is 14.8 Å². The zero-order valence-electron chi connectivity index (χ0n) is 8.53. The van der Waals surface area contributed by atoms with Gasteiger partial charge in [0.2, 0.25) is 0 Å². The summed E-state index contributed by atoms with van der Waals surface area (Å²) in [6.07, 6.45) is 0.885. The van der Waals surface area contributed by atoms with Crippen LogP contribution in [-0.4, -0.2) is 20.6 Å². The zero-order valence-corrected chi connectivity index (χ0v) is 9.35. The summed E-state index contributed by atoms with van der Waals surface area (Å²) in [5.41, 5.74) is 5.02. The van der Waals surface area contributed by atoms with E-state index in [2.05, 4.69) is 4.40 Å². The van der Waals surface area contributed by atoms with Crippen molar-refractivity contribution < 1.29 is 17.9 Å². The third-order valence-electron chi connectivity index (χ3n) is 2.04. The fourth-order valence-corrected chi connectivity index (χ4v) is 1.96. The minimum Gasteiger partial charge on any atom is -0.423 e. The summed E-state index contributed by atoms with van der Waals surface area (Å²) in [5.74, 6) is -0.547. The average Bonchev–Trinajstić information content (AvgIpc) is 2.56. The maximum absolute atomic E-state index is 11.6. The van der Waals surface area contributed by atoms with E-state index >= 15 is 0 Å². The molecule has 0 radical (unpaired) electrons. The highest BCUT2D eigenvalue weighted by atomic mass is 32.2. The van der Waals surface area contributed by atoms with E-state index in [1.165, 1.54) is 0 Å². The van der Waals surface area contributed by atoms with Crippen LogP contribution in [0.5, 0.6) is 5.75 Å². The minimum absolute atomic E-state index is 0.256. The van der Waals surface area contributed by atoms with Crippen molar-refractivity contribution in [3.63, 3.8) is 0 Å². The van der Waals surface area contributed by atoms with Crippen LogP contribution in [0, 0.1) is 0 Å². The second-order valence-electron chi connectivity index (χ2n) is 3.19. The van der Waals surface area contributed by atoms with Crippen LogP contribution in [0.3, 0.4) is 0 Å². The second-order valence-corrected chi connectivity index (χ2v) is 4.79. The van der Waals surface area contributed by atoms with Gasteiger partial charge in [-0.05, 0) is 12.1 Å². The summed E-state index contributed by atoms with van der Waals surface area (Å²) >= 11 is 0. The molecule has 7 heteroatoms. The molecule has 0 saturated heterocycles. The van der Waals surface area contributed by atoms with Crippen molar-refractivity contribution in [3.8, 4) is 5.75 Å². The molecule has 0 aliphatic carbocycles. The van der Waals surface area contributed by atoms with Gasteiger partial charge >= 0.3 is 5.97 Å². The van der Waals surface area contributed by atoms with E-state index in [0.29, 0.717) is 5.75 Å². The molecule has 0 spiro atoms. The summed E-state index contributed by atoms with van der Waals surface area (Å²) in [4.78, 5) is 11.6. The molecule has 0 amide bonds. The maximum Gasteiger partial charge on any atom is 0.348 e.